The minimum absolute atomic E-state index is 0.102. The lowest BCUT2D eigenvalue weighted by Crippen LogP contribution is -2.22. The van der Waals surface area contributed by atoms with Gasteiger partial charge in [0.05, 0.1) is 19.6 Å². The fourth-order valence-corrected chi connectivity index (χ4v) is 5.42. The molecule has 0 saturated heterocycles. The van der Waals surface area contributed by atoms with E-state index in [1.54, 1.807) is 24.9 Å². The molecule has 7 heteroatoms. The molecule has 0 saturated carbocycles. The normalized spacial score (nSPS) is 12.5. The zero-order valence-electron chi connectivity index (χ0n) is 24.5. The lowest BCUT2D eigenvalue weighted by atomic mass is 10.1. The maximum atomic E-state index is 12.8. The molecule has 40 heavy (non-hydrogen) atoms. The molecule has 0 aromatic heterocycles. The fraction of sp³-hybridized carbons (Fsp3) is 0.545. The highest BCUT2D eigenvalue weighted by molar-refractivity contribution is 8.02. The Morgan fingerprint density at radius 1 is 0.875 bits per heavy atom. The van der Waals surface area contributed by atoms with Gasteiger partial charge in [-0.3, -0.25) is 4.79 Å². The number of carbonyl (C=O) groups excluding carboxylic acids is 1. The summed E-state index contributed by atoms with van der Waals surface area (Å²) in [7, 11) is 1.63. The molecule has 0 spiro atoms. The topological polar surface area (TPSA) is 60.0 Å². The maximum absolute atomic E-state index is 12.8. The molecule has 1 heterocycles. The van der Waals surface area contributed by atoms with Crippen molar-refractivity contribution in [1.82, 2.24) is 4.90 Å². The highest BCUT2D eigenvalue weighted by Crippen LogP contribution is 2.32. The molecule has 0 unspecified atom stereocenters. The number of ether oxygens (including phenoxy) is 3. The predicted octanol–water partition coefficient (Wildman–Crippen LogP) is 8.77. The van der Waals surface area contributed by atoms with E-state index in [0.29, 0.717) is 23.9 Å². The van der Waals surface area contributed by atoms with Gasteiger partial charge in [-0.15, -0.1) is 11.8 Å². The van der Waals surface area contributed by atoms with Crippen molar-refractivity contribution in [3.8, 4) is 17.2 Å². The second-order valence-electron chi connectivity index (χ2n) is 10.4. The summed E-state index contributed by atoms with van der Waals surface area (Å²) in [6.07, 6.45) is 17.7. The minimum Gasteiger partial charge on any atom is -0.497 e. The van der Waals surface area contributed by atoms with Crippen molar-refractivity contribution in [2.24, 2.45) is 0 Å². The van der Waals surface area contributed by atoms with Gasteiger partial charge in [0, 0.05) is 24.5 Å². The van der Waals surface area contributed by atoms with Crippen molar-refractivity contribution in [3.63, 3.8) is 0 Å². The number of methoxy groups -OCH3 is 1. The number of para-hydroxylation sites is 1. The van der Waals surface area contributed by atoms with Crippen LogP contribution in [0.2, 0.25) is 0 Å². The Morgan fingerprint density at radius 3 is 2.25 bits per heavy atom. The monoisotopic (exact) mass is 568 g/mol. The third-order valence-electron chi connectivity index (χ3n) is 7.04. The van der Waals surface area contributed by atoms with Gasteiger partial charge in [0.15, 0.2) is 18.1 Å². The van der Waals surface area contributed by atoms with Crippen LogP contribution in [0.3, 0.4) is 0 Å². The second-order valence-corrected chi connectivity index (χ2v) is 11.2. The molecular formula is C33H48N2O4S. The smallest absolute Gasteiger partial charge is 0.262 e. The summed E-state index contributed by atoms with van der Waals surface area (Å²) in [5.41, 5.74) is 1.87. The molecule has 3 rings (SSSR count). The summed E-state index contributed by atoms with van der Waals surface area (Å²) >= 11 is 1.76. The van der Waals surface area contributed by atoms with Crippen molar-refractivity contribution in [2.75, 3.05) is 31.5 Å². The third kappa shape index (κ3) is 12.2. The van der Waals surface area contributed by atoms with Gasteiger partial charge in [0.25, 0.3) is 5.91 Å². The van der Waals surface area contributed by atoms with Crippen molar-refractivity contribution >= 4 is 23.4 Å². The molecule has 1 aliphatic heterocycles. The Bertz CT molecular complexity index is 1030. The third-order valence-corrected chi connectivity index (χ3v) is 7.83. The molecule has 2 aromatic carbocycles. The number of thioether (sulfide) groups is 1. The molecule has 0 atom stereocenters. The molecule has 0 radical (unpaired) electrons. The van der Waals surface area contributed by atoms with E-state index in [1.165, 1.54) is 64.2 Å². The highest BCUT2D eigenvalue weighted by atomic mass is 32.2. The van der Waals surface area contributed by atoms with Crippen LogP contribution < -0.4 is 19.5 Å². The van der Waals surface area contributed by atoms with Crippen LogP contribution in [-0.4, -0.2) is 37.0 Å². The number of nitrogens with one attached hydrogen (secondary N) is 1. The summed E-state index contributed by atoms with van der Waals surface area (Å²) in [5, 5.41) is 5.09. The van der Waals surface area contributed by atoms with E-state index in [2.05, 4.69) is 28.7 Å². The Balaban J connectivity index is 1.37. The van der Waals surface area contributed by atoms with Gasteiger partial charge in [-0.25, -0.2) is 0 Å². The molecule has 1 amide bonds. The molecule has 1 aliphatic rings. The first-order valence-corrected chi connectivity index (χ1v) is 16.1. The average Bonchev–Trinajstić information content (AvgIpc) is 3.49. The van der Waals surface area contributed by atoms with Crippen LogP contribution in [0, 0.1) is 0 Å². The predicted molar refractivity (Wildman–Crippen MR) is 167 cm³/mol. The quantitative estimate of drug-likeness (QED) is 0.152. The van der Waals surface area contributed by atoms with Gasteiger partial charge in [-0.2, -0.15) is 0 Å². The van der Waals surface area contributed by atoms with Gasteiger partial charge >= 0.3 is 0 Å². The van der Waals surface area contributed by atoms with Crippen LogP contribution >= 0.6 is 11.8 Å². The van der Waals surface area contributed by atoms with E-state index >= 15 is 0 Å². The molecule has 0 aliphatic carbocycles. The van der Waals surface area contributed by atoms with Crippen LogP contribution in [0.4, 0.5) is 5.69 Å². The van der Waals surface area contributed by atoms with E-state index in [-0.39, 0.29) is 12.5 Å². The molecule has 0 bridgehead atoms. The van der Waals surface area contributed by atoms with Crippen LogP contribution in [0.25, 0.3) is 0 Å². The first-order valence-electron chi connectivity index (χ1n) is 15.0. The second kappa shape index (κ2) is 19.3. The summed E-state index contributed by atoms with van der Waals surface area (Å²) in [4.78, 5) is 15.0. The van der Waals surface area contributed by atoms with Crippen LogP contribution in [0.5, 0.6) is 17.2 Å². The van der Waals surface area contributed by atoms with E-state index < -0.39 is 0 Å². The number of anilines is 1. The number of carbonyl (C=O) groups is 1. The molecule has 0 fully saturated rings. The fourth-order valence-electron chi connectivity index (χ4n) is 4.71. The van der Waals surface area contributed by atoms with E-state index in [4.69, 9.17) is 14.2 Å². The zero-order valence-corrected chi connectivity index (χ0v) is 25.3. The minimum atomic E-state index is -0.207. The lowest BCUT2D eigenvalue weighted by molar-refractivity contribution is -0.118. The summed E-state index contributed by atoms with van der Waals surface area (Å²) in [6.45, 7) is 3.53. The van der Waals surface area contributed by atoms with Gasteiger partial charge in [-0.1, -0.05) is 95.8 Å². The molecule has 2 aromatic rings. The van der Waals surface area contributed by atoms with E-state index in [1.807, 2.05) is 36.4 Å². The largest absolute Gasteiger partial charge is 0.497 e. The van der Waals surface area contributed by atoms with Crippen LogP contribution in [0.1, 0.15) is 89.5 Å². The van der Waals surface area contributed by atoms with Gasteiger partial charge < -0.3 is 24.4 Å². The summed E-state index contributed by atoms with van der Waals surface area (Å²) in [6, 6.07) is 13.3. The number of unbranched alkanes of at least 4 members (excludes halogenated alkanes) is 11. The summed E-state index contributed by atoms with van der Waals surface area (Å²) < 4.78 is 17.3. The standard InChI is InChI=1S/C33H48N2O4S/c1-3-4-5-6-7-8-9-10-11-12-13-16-22-38-32-24-29(37-2)19-20-31(32)39-26-33(36)34-30-18-15-14-17-28(30)25-35-21-23-40-27-35/h14-15,17-21,23-24H,3-13,16,22,25-27H2,1-2H3,(H,34,36). The van der Waals surface area contributed by atoms with Gasteiger partial charge in [0.1, 0.15) is 5.75 Å². The van der Waals surface area contributed by atoms with Gasteiger partial charge in [-0.05, 0) is 35.6 Å². The number of nitrogens with zero attached hydrogens (tertiary/aromatic N) is 1. The van der Waals surface area contributed by atoms with Crippen LogP contribution in [0.15, 0.2) is 54.1 Å². The molecule has 1 N–H and O–H groups in total. The van der Waals surface area contributed by atoms with E-state index in [9.17, 15) is 4.79 Å². The number of amides is 1. The SMILES string of the molecule is CCCCCCCCCCCCCCOc1cc(OC)ccc1OCC(=O)Nc1ccccc1CN1C=CSC1. The zero-order chi connectivity index (χ0) is 28.3. The average molecular weight is 569 g/mol. The number of hydrogen-bond donors (Lipinski definition) is 1. The maximum Gasteiger partial charge on any atom is 0.262 e. The van der Waals surface area contributed by atoms with Crippen molar-refractivity contribution in [1.29, 1.82) is 0 Å². The Hall–Kier alpha value is -2.80. The Kier molecular flexibility index (Phi) is 15.3. The van der Waals surface area contributed by atoms with Crippen molar-refractivity contribution in [3.05, 3.63) is 59.6 Å². The molecular weight excluding hydrogens is 520 g/mol. The Morgan fingerprint density at radius 2 is 1.57 bits per heavy atom. The molecule has 220 valence electrons. The van der Waals surface area contributed by atoms with Crippen LogP contribution in [-0.2, 0) is 11.3 Å². The molecule has 6 nitrogen and oxygen atoms in total. The number of benzene rings is 2. The van der Waals surface area contributed by atoms with Gasteiger partial charge in [0.2, 0.25) is 0 Å². The lowest BCUT2D eigenvalue weighted by Gasteiger charge is -2.18. The number of hydrogen-bond acceptors (Lipinski definition) is 6. The summed E-state index contributed by atoms with van der Waals surface area (Å²) in [5.74, 6) is 2.56. The first-order chi connectivity index (χ1) is 19.7. The van der Waals surface area contributed by atoms with Crippen molar-refractivity contribution < 1.29 is 19.0 Å². The Labute approximate surface area is 245 Å². The van der Waals surface area contributed by atoms with E-state index in [0.717, 1.165) is 36.5 Å². The van der Waals surface area contributed by atoms with Crippen molar-refractivity contribution in [2.45, 2.75) is 90.5 Å². The highest BCUT2D eigenvalue weighted by Gasteiger charge is 2.13. The first kappa shape index (κ1) is 31.7. The number of rotatable bonds is 21.